The molecule has 0 aliphatic heterocycles. The van der Waals surface area contributed by atoms with E-state index in [0.717, 1.165) is 16.3 Å². The third kappa shape index (κ3) is 5.97. The van der Waals surface area contributed by atoms with E-state index in [9.17, 15) is 19.8 Å². The van der Waals surface area contributed by atoms with Gasteiger partial charge in [0.2, 0.25) is 0 Å². The van der Waals surface area contributed by atoms with Crippen molar-refractivity contribution < 1.29 is 19.8 Å². The number of carbonyl (C=O) groups excluding carboxylic acids is 1. The van der Waals surface area contributed by atoms with Gasteiger partial charge in [0.1, 0.15) is 16.8 Å². The number of nitrogens with zero attached hydrogens (tertiary/aromatic N) is 3. The molecule has 9 heteroatoms. The minimum absolute atomic E-state index is 0.0708. The van der Waals surface area contributed by atoms with E-state index in [4.69, 9.17) is 11.6 Å². The van der Waals surface area contributed by atoms with E-state index in [-0.39, 0.29) is 30.6 Å². The molecule has 0 saturated carbocycles. The Hall–Kier alpha value is -4.01. The number of benzene rings is 3. The number of aliphatic carboxylic acids is 1. The lowest BCUT2D eigenvalue weighted by atomic mass is 10.1. The molecule has 0 unspecified atom stereocenters. The topological polar surface area (TPSA) is 116 Å². The molecule has 0 spiro atoms. The van der Waals surface area contributed by atoms with Gasteiger partial charge in [-0.25, -0.2) is 9.97 Å². The summed E-state index contributed by atoms with van der Waals surface area (Å²) < 4.78 is 0. The Morgan fingerprint density at radius 2 is 1.72 bits per heavy atom. The molecule has 0 saturated heterocycles. The molecule has 0 atom stereocenters. The molecule has 0 fully saturated rings. The summed E-state index contributed by atoms with van der Waals surface area (Å²) in [5.41, 5.74) is 2.41. The number of likely N-dealkylation sites (N-methyl/N-ethyl adjacent to an activating group) is 1. The van der Waals surface area contributed by atoms with Gasteiger partial charge in [-0.3, -0.25) is 9.59 Å². The van der Waals surface area contributed by atoms with Crippen molar-refractivity contribution in [1.82, 2.24) is 9.97 Å². The van der Waals surface area contributed by atoms with E-state index < -0.39 is 5.97 Å². The fourth-order valence-electron chi connectivity index (χ4n) is 3.86. The maximum absolute atomic E-state index is 12.7. The number of hydrogen-bond donors (Lipinski definition) is 3. The summed E-state index contributed by atoms with van der Waals surface area (Å²) in [7, 11) is 1.71. The third-order valence-corrected chi connectivity index (χ3v) is 6.00. The monoisotopic (exact) mass is 504 g/mol. The zero-order valence-corrected chi connectivity index (χ0v) is 20.4. The van der Waals surface area contributed by atoms with Gasteiger partial charge in [0.15, 0.2) is 0 Å². The lowest BCUT2D eigenvalue weighted by Gasteiger charge is -2.21. The van der Waals surface area contributed by atoms with Gasteiger partial charge in [-0.15, -0.1) is 0 Å². The van der Waals surface area contributed by atoms with Crippen LogP contribution < -0.4 is 10.2 Å². The summed E-state index contributed by atoms with van der Waals surface area (Å²) >= 11 is 6.32. The van der Waals surface area contributed by atoms with Crippen LogP contribution >= 0.6 is 11.6 Å². The molecule has 1 amide bonds. The summed E-state index contributed by atoms with van der Waals surface area (Å²) in [6.07, 6.45) is 0.0295. The summed E-state index contributed by atoms with van der Waals surface area (Å²) in [6.45, 7) is 0.150. The summed E-state index contributed by atoms with van der Waals surface area (Å²) in [6, 6.07) is 20.8. The lowest BCUT2D eigenvalue weighted by Crippen LogP contribution is -2.25. The van der Waals surface area contributed by atoms with Crippen molar-refractivity contribution in [3.63, 3.8) is 0 Å². The van der Waals surface area contributed by atoms with Crippen molar-refractivity contribution in [3.05, 3.63) is 94.4 Å². The van der Waals surface area contributed by atoms with Crippen molar-refractivity contribution in [2.24, 2.45) is 0 Å². The Morgan fingerprint density at radius 3 is 2.42 bits per heavy atom. The van der Waals surface area contributed by atoms with Crippen LogP contribution in [0.4, 0.5) is 11.5 Å². The first-order valence-electron chi connectivity index (χ1n) is 11.3. The standard InChI is InChI=1S/C27H25ClN4O4/c1-32(12-13-33)26-22(16-24(34)35)25(28)30-23(31-26)14-17-6-10-21(11-7-17)29-27(36)20-9-8-18-4-2-3-5-19(18)15-20/h2-11,15,33H,12-14,16H2,1H3,(H,29,36)(H,34,35). The molecular formula is C27H25ClN4O4. The first kappa shape index (κ1) is 25.1. The fourth-order valence-corrected chi connectivity index (χ4v) is 4.11. The van der Waals surface area contributed by atoms with Crippen LogP contribution in [-0.2, 0) is 17.6 Å². The van der Waals surface area contributed by atoms with Gasteiger partial charge in [-0.2, -0.15) is 0 Å². The van der Waals surface area contributed by atoms with Crippen LogP contribution in [0.1, 0.15) is 27.3 Å². The number of rotatable bonds is 9. The summed E-state index contributed by atoms with van der Waals surface area (Å²) in [4.78, 5) is 34.5. The van der Waals surface area contributed by atoms with Crippen LogP contribution in [-0.4, -0.2) is 52.3 Å². The molecule has 4 rings (SSSR count). The van der Waals surface area contributed by atoms with E-state index in [2.05, 4.69) is 15.3 Å². The lowest BCUT2D eigenvalue weighted by molar-refractivity contribution is -0.136. The van der Waals surface area contributed by atoms with Crippen LogP contribution in [0.2, 0.25) is 5.15 Å². The molecule has 1 aromatic heterocycles. The Balaban J connectivity index is 1.49. The van der Waals surface area contributed by atoms with E-state index in [0.29, 0.717) is 34.9 Å². The molecule has 184 valence electrons. The molecular weight excluding hydrogens is 480 g/mol. The Morgan fingerprint density at radius 1 is 1.00 bits per heavy atom. The number of carbonyl (C=O) groups is 2. The van der Waals surface area contributed by atoms with Gasteiger partial charge in [0, 0.05) is 36.8 Å². The van der Waals surface area contributed by atoms with E-state index in [1.165, 1.54) is 0 Å². The van der Waals surface area contributed by atoms with E-state index in [1.54, 1.807) is 30.1 Å². The SMILES string of the molecule is CN(CCO)c1nc(Cc2ccc(NC(=O)c3ccc4ccccc4c3)cc2)nc(Cl)c1CC(=O)O. The average Bonchev–Trinajstić information content (AvgIpc) is 2.86. The number of aromatic nitrogens is 2. The van der Waals surface area contributed by atoms with E-state index in [1.807, 2.05) is 48.5 Å². The normalized spacial score (nSPS) is 10.9. The first-order chi connectivity index (χ1) is 17.3. The number of fused-ring (bicyclic) bond motifs is 1. The first-order valence-corrected chi connectivity index (χ1v) is 11.7. The number of hydrogen-bond acceptors (Lipinski definition) is 6. The molecule has 0 aliphatic rings. The Bertz CT molecular complexity index is 1410. The number of halogens is 1. The second-order valence-electron chi connectivity index (χ2n) is 8.34. The quantitative estimate of drug-likeness (QED) is 0.293. The summed E-state index contributed by atoms with van der Waals surface area (Å²) in [5, 5.41) is 23.6. The molecule has 4 aromatic rings. The highest BCUT2D eigenvalue weighted by molar-refractivity contribution is 6.30. The minimum Gasteiger partial charge on any atom is -0.481 e. The highest BCUT2D eigenvalue weighted by Gasteiger charge is 2.19. The second kappa shape index (κ2) is 11.2. The largest absolute Gasteiger partial charge is 0.481 e. The van der Waals surface area contributed by atoms with Crippen LogP contribution in [0.5, 0.6) is 0 Å². The van der Waals surface area contributed by atoms with Gasteiger partial charge in [-0.1, -0.05) is 54.1 Å². The number of carboxylic acids is 1. The number of anilines is 2. The number of carboxylic acid groups (broad SMARTS) is 1. The molecule has 8 nitrogen and oxygen atoms in total. The van der Waals surface area contributed by atoms with Gasteiger partial charge in [0.05, 0.1) is 13.0 Å². The molecule has 1 heterocycles. The zero-order chi connectivity index (χ0) is 25.7. The molecule has 3 aromatic carbocycles. The zero-order valence-electron chi connectivity index (χ0n) is 19.6. The maximum atomic E-state index is 12.7. The van der Waals surface area contributed by atoms with Crippen LogP contribution in [0.25, 0.3) is 10.8 Å². The Labute approximate surface area is 213 Å². The van der Waals surface area contributed by atoms with Gasteiger partial charge < -0.3 is 20.4 Å². The highest BCUT2D eigenvalue weighted by atomic mass is 35.5. The van der Waals surface area contributed by atoms with Gasteiger partial charge >= 0.3 is 5.97 Å². The smallest absolute Gasteiger partial charge is 0.308 e. The molecule has 36 heavy (non-hydrogen) atoms. The minimum atomic E-state index is -1.05. The van der Waals surface area contributed by atoms with Crippen molar-refractivity contribution in [2.45, 2.75) is 12.8 Å². The molecule has 3 N–H and O–H groups in total. The maximum Gasteiger partial charge on any atom is 0.308 e. The molecule has 0 radical (unpaired) electrons. The van der Waals surface area contributed by atoms with Crippen molar-refractivity contribution >= 4 is 45.8 Å². The number of aliphatic hydroxyl groups is 1. The van der Waals surface area contributed by atoms with Crippen LogP contribution in [0.15, 0.2) is 66.7 Å². The summed E-state index contributed by atoms with van der Waals surface area (Å²) in [5.74, 6) is -0.454. The fraction of sp³-hybridized carbons (Fsp3) is 0.185. The van der Waals surface area contributed by atoms with Crippen molar-refractivity contribution in [2.75, 3.05) is 30.4 Å². The number of nitrogens with one attached hydrogen (secondary N) is 1. The number of aliphatic hydroxyl groups excluding tert-OH is 1. The average molecular weight is 505 g/mol. The van der Waals surface area contributed by atoms with Crippen molar-refractivity contribution in [1.29, 1.82) is 0 Å². The van der Waals surface area contributed by atoms with Crippen LogP contribution in [0.3, 0.4) is 0 Å². The van der Waals surface area contributed by atoms with Crippen molar-refractivity contribution in [3.8, 4) is 0 Å². The predicted molar refractivity (Wildman–Crippen MR) is 140 cm³/mol. The molecule has 0 aliphatic carbocycles. The van der Waals surface area contributed by atoms with Gasteiger partial charge in [0.25, 0.3) is 5.91 Å². The Kier molecular flexibility index (Phi) is 7.77. The van der Waals surface area contributed by atoms with E-state index >= 15 is 0 Å². The highest BCUT2D eigenvalue weighted by Crippen LogP contribution is 2.26. The number of amides is 1. The molecule has 0 bridgehead atoms. The third-order valence-electron chi connectivity index (χ3n) is 5.69. The predicted octanol–water partition coefficient (Wildman–Crippen LogP) is 4.18. The van der Waals surface area contributed by atoms with Crippen LogP contribution in [0, 0.1) is 0 Å². The van der Waals surface area contributed by atoms with Gasteiger partial charge in [-0.05, 0) is 40.6 Å². The second-order valence-corrected chi connectivity index (χ2v) is 8.70.